The summed E-state index contributed by atoms with van der Waals surface area (Å²) >= 11 is 11.9. The van der Waals surface area contributed by atoms with Gasteiger partial charge in [0.05, 0.1) is 12.4 Å². The first-order valence-electron chi connectivity index (χ1n) is 4.70. The standard InChI is InChI=1S/C11H10Cl2N2O/c1-15-6-10(5-14-15)16-7-8-4-9(12)2-3-11(8)13/h2-6H,7H2,1H3. The monoisotopic (exact) mass is 256 g/mol. The zero-order valence-electron chi connectivity index (χ0n) is 8.65. The fourth-order valence-corrected chi connectivity index (χ4v) is 1.66. The van der Waals surface area contributed by atoms with Gasteiger partial charge in [-0.15, -0.1) is 0 Å². The molecule has 1 aromatic heterocycles. The highest BCUT2D eigenvalue weighted by Crippen LogP contribution is 2.22. The van der Waals surface area contributed by atoms with Crippen molar-refractivity contribution in [2.24, 2.45) is 7.05 Å². The van der Waals surface area contributed by atoms with Crippen LogP contribution in [0.15, 0.2) is 30.6 Å². The first-order valence-corrected chi connectivity index (χ1v) is 5.46. The highest BCUT2D eigenvalue weighted by atomic mass is 35.5. The molecule has 5 heteroatoms. The fourth-order valence-electron chi connectivity index (χ4n) is 1.29. The second-order valence-corrected chi connectivity index (χ2v) is 4.22. The Bertz CT molecular complexity index is 496. The summed E-state index contributed by atoms with van der Waals surface area (Å²) in [7, 11) is 1.83. The number of hydrogen-bond acceptors (Lipinski definition) is 2. The van der Waals surface area contributed by atoms with E-state index in [1.54, 1.807) is 35.3 Å². The van der Waals surface area contributed by atoms with Gasteiger partial charge < -0.3 is 4.74 Å². The van der Waals surface area contributed by atoms with Gasteiger partial charge in [-0.05, 0) is 18.2 Å². The van der Waals surface area contributed by atoms with E-state index >= 15 is 0 Å². The Morgan fingerprint density at radius 1 is 1.38 bits per heavy atom. The molecule has 0 aliphatic heterocycles. The van der Waals surface area contributed by atoms with Gasteiger partial charge >= 0.3 is 0 Å². The summed E-state index contributed by atoms with van der Waals surface area (Å²) in [5.74, 6) is 0.707. The predicted octanol–water partition coefficient (Wildman–Crippen LogP) is 3.31. The lowest BCUT2D eigenvalue weighted by molar-refractivity contribution is 0.306. The molecule has 2 rings (SSSR count). The molecular formula is C11H10Cl2N2O. The minimum absolute atomic E-state index is 0.380. The zero-order valence-corrected chi connectivity index (χ0v) is 10.2. The molecule has 1 aromatic carbocycles. The minimum Gasteiger partial charge on any atom is -0.486 e. The van der Waals surface area contributed by atoms with Crippen molar-refractivity contribution < 1.29 is 4.74 Å². The maximum Gasteiger partial charge on any atom is 0.157 e. The highest BCUT2D eigenvalue weighted by molar-refractivity contribution is 6.33. The van der Waals surface area contributed by atoms with E-state index in [4.69, 9.17) is 27.9 Å². The van der Waals surface area contributed by atoms with Gasteiger partial charge in [-0.25, -0.2) is 0 Å². The molecule has 0 atom stereocenters. The Morgan fingerprint density at radius 2 is 2.19 bits per heavy atom. The highest BCUT2D eigenvalue weighted by Gasteiger charge is 2.03. The quantitative estimate of drug-likeness (QED) is 0.843. The lowest BCUT2D eigenvalue weighted by Gasteiger charge is -2.05. The topological polar surface area (TPSA) is 27.1 Å². The average Bonchev–Trinajstić information content (AvgIpc) is 2.66. The molecule has 0 saturated carbocycles. The molecule has 0 N–H and O–H groups in total. The molecule has 0 fully saturated rings. The number of rotatable bonds is 3. The average molecular weight is 257 g/mol. The summed E-state index contributed by atoms with van der Waals surface area (Å²) in [4.78, 5) is 0. The Labute approximate surface area is 104 Å². The summed E-state index contributed by atoms with van der Waals surface area (Å²) in [5, 5.41) is 5.30. The van der Waals surface area contributed by atoms with Crippen molar-refractivity contribution in [1.82, 2.24) is 9.78 Å². The van der Waals surface area contributed by atoms with E-state index in [2.05, 4.69) is 5.10 Å². The van der Waals surface area contributed by atoms with Gasteiger partial charge in [0, 0.05) is 22.7 Å². The summed E-state index contributed by atoms with van der Waals surface area (Å²) in [6.45, 7) is 0.380. The van der Waals surface area contributed by atoms with Crippen LogP contribution >= 0.6 is 23.2 Å². The molecule has 0 unspecified atom stereocenters. The number of aryl methyl sites for hydroxylation is 1. The summed E-state index contributed by atoms with van der Waals surface area (Å²) in [6.07, 6.45) is 3.44. The number of hydrogen-bond donors (Lipinski definition) is 0. The molecule has 0 bridgehead atoms. The minimum atomic E-state index is 0.380. The van der Waals surface area contributed by atoms with E-state index < -0.39 is 0 Å². The SMILES string of the molecule is Cn1cc(OCc2cc(Cl)ccc2Cl)cn1. The van der Waals surface area contributed by atoms with Gasteiger partial charge in [-0.1, -0.05) is 23.2 Å². The maximum absolute atomic E-state index is 6.01. The van der Waals surface area contributed by atoms with Gasteiger partial charge in [0.2, 0.25) is 0 Å². The van der Waals surface area contributed by atoms with Crippen molar-refractivity contribution in [3.05, 3.63) is 46.2 Å². The van der Waals surface area contributed by atoms with Crippen LogP contribution in [-0.2, 0) is 13.7 Å². The van der Waals surface area contributed by atoms with Crippen molar-refractivity contribution in [3.8, 4) is 5.75 Å². The normalized spacial score (nSPS) is 10.4. The van der Waals surface area contributed by atoms with Crippen LogP contribution in [0.1, 0.15) is 5.56 Å². The second kappa shape index (κ2) is 4.76. The number of halogens is 2. The van der Waals surface area contributed by atoms with Crippen LogP contribution in [0.25, 0.3) is 0 Å². The Morgan fingerprint density at radius 3 is 2.88 bits per heavy atom. The molecule has 2 aromatic rings. The smallest absolute Gasteiger partial charge is 0.157 e. The molecule has 0 aliphatic carbocycles. The zero-order chi connectivity index (χ0) is 11.5. The van der Waals surface area contributed by atoms with Crippen LogP contribution in [0.2, 0.25) is 10.0 Å². The van der Waals surface area contributed by atoms with Crippen molar-refractivity contribution in [1.29, 1.82) is 0 Å². The van der Waals surface area contributed by atoms with Crippen LogP contribution in [-0.4, -0.2) is 9.78 Å². The molecule has 0 radical (unpaired) electrons. The largest absolute Gasteiger partial charge is 0.486 e. The van der Waals surface area contributed by atoms with Crippen LogP contribution in [0, 0.1) is 0 Å². The van der Waals surface area contributed by atoms with Crippen LogP contribution in [0.4, 0.5) is 0 Å². The van der Waals surface area contributed by atoms with E-state index in [-0.39, 0.29) is 0 Å². The maximum atomic E-state index is 6.01. The predicted molar refractivity (Wildman–Crippen MR) is 64.0 cm³/mol. The van der Waals surface area contributed by atoms with Crippen molar-refractivity contribution >= 4 is 23.2 Å². The van der Waals surface area contributed by atoms with E-state index in [1.807, 2.05) is 7.05 Å². The van der Waals surface area contributed by atoms with E-state index in [0.717, 1.165) is 5.56 Å². The molecule has 0 aliphatic rings. The first kappa shape index (κ1) is 11.3. The second-order valence-electron chi connectivity index (χ2n) is 3.37. The molecular weight excluding hydrogens is 247 g/mol. The number of benzene rings is 1. The van der Waals surface area contributed by atoms with Crippen molar-refractivity contribution in [2.45, 2.75) is 6.61 Å². The lowest BCUT2D eigenvalue weighted by Crippen LogP contribution is -1.95. The van der Waals surface area contributed by atoms with Crippen molar-refractivity contribution in [3.63, 3.8) is 0 Å². The van der Waals surface area contributed by atoms with E-state index in [0.29, 0.717) is 22.4 Å². The third-order valence-electron chi connectivity index (χ3n) is 2.08. The molecule has 3 nitrogen and oxygen atoms in total. The lowest BCUT2D eigenvalue weighted by atomic mass is 10.2. The number of ether oxygens (including phenoxy) is 1. The Hall–Kier alpha value is -1.19. The fraction of sp³-hybridized carbons (Fsp3) is 0.182. The molecule has 0 amide bonds. The van der Waals surface area contributed by atoms with Crippen LogP contribution < -0.4 is 4.74 Å². The first-order chi connectivity index (χ1) is 7.65. The summed E-state index contributed by atoms with van der Waals surface area (Å²) in [5.41, 5.74) is 0.859. The van der Waals surface area contributed by atoms with Crippen LogP contribution in [0.3, 0.4) is 0 Å². The third kappa shape index (κ3) is 2.68. The third-order valence-corrected chi connectivity index (χ3v) is 2.69. The number of aromatic nitrogens is 2. The van der Waals surface area contributed by atoms with Crippen molar-refractivity contribution in [2.75, 3.05) is 0 Å². The Balaban J connectivity index is 2.07. The van der Waals surface area contributed by atoms with Gasteiger partial charge in [-0.3, -0.25) is 4.68 Å². The van der Waals surface area contributed by atoms with Gasteiger partial charge in [0.15, 0.2) is 5.75 Å². The molecule has 1 heterocycles. The summed E-state index contributed by atoms with van der Waals surface area (Å²) < 4.78 is 7.20. The van der Waals surface area contributed by atoms with Crippen LogP contribution in [0.5, 0.6) is 5.75 Å². The molecule has 0 spiro atoms. The van der Waals surface area contributed by atoms with E-state index in [1.165, 1.54) is 0 Å². The number of nitrogens with zero attached hydrogens (tertiary/aromatic N) is 2. The van der Waals surface area contributed by atoms with Gasteiger partial charge in [-0.2, -0.15) is 5.10 Å². The Kier molecular flexibility index (Phi) is 3.36. The van der Waals surface area contributed by atoms with Gasteiger partial charge in [0.1, 0.15) is 6.61 Å². The molecule has 0 saturated heterocycles. The van der Waals surface area contributed by atoms with E-state index in [9.17, 15) is 0 Å². The van der Waals surface area contributed by atoms with Gasteiger partial charge in [0.25, 0.3) is 0 Å². The molecule has 84 valence electrons. The summed E-state index contributed by atoms with van der Waals surface area (Å²) in [6, 6.07) is 5.30. The molecule has 16 heavy (non-hydrogen) atoms.